The average Bonchev–Trinajstić information content (AvgIpc) is 2.93. The number of pyridine rings is 1. The van der Waals surface area contributed by atoms with E-state index in [1.54, 1.807) is 31.6 Å². The fraction of sp³-hybridized carbons (Fsp3) is 0.0500. The summed E-state index contributed by atoms with van der Waals surface area (Å²) in [5.74, 6) is 1.21. The second-order valence-corrected chi connectivity index (χ2v) is 5.96. The predicted octanol–water partition coefficient (Wildman–Crippen LogP) is 3.43. The Morgan fingerprint density at radius 3 is 2.57 bits per heavy atom. The Hall–Kier alpha value is -4.07. The number of nitro benzene ring substituents is 1. The van der Waals surface area contributed by atoms with Crippen LogP contribution in [0.3, 0.4) is 0 Å². The first-order valence-corrected chi connectivity index (χ1v) is 8.42. The number of nitrogens with one attached hydrogen (secondary N) is 1. The zero-order valence-electron chi connectivity index (χ0n) is 14.9. The zero-order valence-corrected chi connectivity index (χ0v) is 14.9. The van der Waals surface area contributed by atoms with Gasteiger partial charge in [0.05, 0.1) is 17.7 Å². The van der Waals surface area contributed by atoms with Crippen LogP contribution < -0.4 is 10.2 Å². The van der Waals surface area contributed by atoms with E-state index < -0.39 is 4.92 Å². The van der Waals surface area contributed by atoms with Gasteiger partial charge in [-0.2, -0.15) is 5.10 Å². The Morgan fingerprint density at radius 2 is 1.89 bits per heavy atom. The van der Waals surface area contributed by atoms with E-state index in [1.807, 2.05) is 30.3 Å². The van der Waals surface area contributed by atoms with Gasteiger partial charge in [-0.25, -0.2) is 4.99 Å². The van der Waals surface area contributed by atoms with Crippen LogP contribution in [0.25, 0.3) is 0 Å². The molecule has 1 aliphatic rings. The van der Waals surface area contributed by atoms with Crippen LogP contribution >= 0.6 is 0 Å². The van der Waals surface area contributed by atoms with Gasteiger partial charge in [0.1, 0.15) is 11.5 Å². The van der Waals surface area contributed by atoms with Crippen molar-refractivity contribution in [2.45, 2.75) is 0 Å². The molecule has 2 aromatic carbocycles. The normalized spacial score (nSPS) is 12.8. The number of amidine groups is 1. The molecule has 0 saturated heterocycles. The van der Waals surface area contributed by atoms with E-state index in [9.17, 15) is 10.1 Å². The third-order valence-corrected chi connectivity index (χ3v) is 4.25. The topological polar surface area (TPSA) is 102 Å². The number of hydrogen-bond donors (Lipinski definition) is 1. The minimum Gasteiger partial charge on any atom is -0.497 e. The van der Waals surface area contributed by atoms with Gasteiger partial charge in [0, 0.05) is 41.2 Å². The molecule has 0 fully saturated rings. The molecule has 0 spiro atoms. The maximum atomic E-state index is 10.9. The smallest absolute Gasteiger partial charge is 0.269 e. The summed E-state index contributed by atoms with van der Waals surface area (Å²) in [5.41, 5.74) is 6.57. The standard InChI is InChI=1S/C20H15N5O3/c1-28-16-8-9-18-17(11-16)19(13-4-6-15(7-5-13)25(26)27)23-24-20(22-18)14-3-2-10-21-12-14/h2-12H,1H3,(H,22,24). The zero-order chi connectivity index (χ0) is 19.5. The number of nitro groups is 1. The molecule has 4 rings (SSSR count). The summed E-state index contributed by atoms with van der Waals surface area (Å²) in [7, 11) is 1.59. The van der Waals surface area contributed by atoms with Crippen molar-refractivity contribution >= 4 is 22.9 Å². The van der Waals surface area contributed by atoms with Crippen molar-refractivity contribution in [2.24, 2.45) is 10.1 Å². The largest absolute Gasteiger partial charge is 0.497 e. The van der Waals surface area contributed by atoms with E-state index in [0.29, 0.717) is 23.0 Å². The molecule has 0 saturated carbocycles. The Morgan fingerprint density at radius 1 is 1.07 bits per heavy atom. The highest BCUT2D eigenvalue weighted by molar-refractivity contribution is 6.18. The highest BCUT2D eigenvalue weighted by Gasteiger charge is 2.19. The maximum absolute atomic E-state index is 10.9. The number of fused-ring (bicyclic) bond motifs is 1. The van der Waals surface area contributed by atoms with Gasteiger partial charge >= 0.3 is 0 Å². The molecule has 8 nitrogen and oxygen atoms in total. The van der Waals surface area contributed by atoms with E-state index >= 15 is 0 Å². The van der Waals surface area contributed by atoms with E-state index in [0.717, 1.165) is 16.7 Å². The summed E-state index contributed by atoms with van der Waals surface area (Å²) in [6.45, 7) is 0. The molecule has 0 radical (unpaired) electrons. The van der Waals surface area contributed by atoms with Crippen molar-refractivity contribution in [3.8, 4) is 5.75 Å². The van der Waals surface area contributed by atoms with E-state index in [2.05, 4.69) is 15.5 Å². The number of benzene rings is 2. The first-order valence-electron chi connectivity index (χ1n) is 8.42. The number of aromatic nitrogens is 1. The fourth-order valence-electron chi connectivity index (χ4n) is 2.84. The number of hydrogen-bond acceptors (Lipinski definition) is 7. The van der Waals surface area contributed by atoms with Gasteiger partial charge in [0.25, 0.3) is 5.69 Å². The van der Waals surface area contributed by atoms with Gasteiger partial charge in [0.15, 0.2) is 5.84 Å². The SMILES string of the molecule is COc1ccc2c(c1)C(c1ccc([N+](=O)[O-])cc1)=NNC(c1cccnc1)=N2. The molecule has 0 atom stereocenters. The molecular formula is C20H15N5O3. The van der Waals surface area contributed by atoms with Crippen LogP contribution in [0, 0.1) is 10.1 Å². The van der Waals surface area contributed by atoms with E-state index in [-0.39, 0.29) is 5.69 Å². The molecule has 0 unspecified atom stereocenters. The van der Waals surface area contributed by atoms with Crippen molar-refractivity contribution in [2.75, 3.05) is 7.11 Å². The Labute approximate surface area is 160 Å². The van der Waals surface area contributed by atoms with Crippen LogP contribution in [0.4, 0.5) is 11.4 Å². The third-order valence-electron chi connectivity index (χ3n) is 4.25. The van der Waals surface area contributed by atoms with Crippen molar-refractivity contribution in [1.82, 2.24) is 10.4 Å². The highest BCUT2D eigenvalue weighted by atomic mass is 16.6. The lowest BCUT2D eigenvalue weighted by molar-refractivity contribution is -0.384. The summed E-state index contributed by atoms with van der Waals surface area (Å²) in [4.78, 5) is 19.3. The average molecular weight is 373 g/mol. The lowest BCUT2D eigenvalue weighted by Crippen LogP contribution is -2.19. The number of ether oxygens (including phenoxy) is 1. The molecule has 3 aromatic rings. The molecule has 1 N–H and O–H groups in total. The molecule has 1 aliphatic heterocycles. The van der Waals surface area contributed by atoms with Crippen LogP contribution in [-0.2, 0) is 0 Å². The fourth-order valence-corrected chi connectivity index (χ4v) is 2.84. The molecule has 8 heteroatoms. The molecule has 0 bridgehead atoms. The minimum atomic E-state index is -0.433. The minimum absolute atomic E-state index is 0.0177. The second-order valence-electron chi connectivity index (χ2n) is 5.96. The molecule has 0 amide bonds. The van der Waals surface area contributed by atoms with Crippen molar-refractivity contribution in [3.63, 3.8) is 0 Å². The summed E-state index contributed by atoms with van der Waals surface area (Å²) in [6.07, 6.45) is 3.38. The second kappa shape index (κ2) is 7.28. The maximum Gasteiger partial charge on any atom is 0.269 e. The molecule has 1 aromatic heterocycles. The molecule has 28 heavy (non-hydrogen) atoms. The van der Waals surface area contributed by atoms with Crippen LogP contribution in [-0.4, -0.2) is 28.6 Å². The number of rotatable bonds is 4. The van der Waals surface area contributed by atoms with Crippen molar-refractivity contribution < 1.29 is 9.66 Å². The predicted molar refractivity (Wildman–Crippen MR) is 105 cm³/mol. The highest BCUT2D eigenvalue weighted by Crippen LogP contribution is 2.29. The summed E-state index contributed by atoms with van der Waals surface area (Å²) >= 11 is 0. The Bertz CT molecular complexity index is 1090. The van der Waals surface area contributed by atoms with Crippen LogP contribution in [0.2, 0.25) is 0 Å². The molecule has 0 aliphatic carbocycles. The first-order chi connectivity index (χ1) is 13.7. The summed E-state index contributed by atoms with van der Waals surface area (Å²) in [6, 6.07) is 15.4. The Balaban J connectivity index is 1.84. The quantitative estimate of drug-likeness (QED) is 0.557. The first kappa shape index (κ1) is 17.3. The number of non-ortho nitro benzene ring substituents is 1. The lowest BCUT2D eigenvalue weighted by Gasteiger charge is -2.09. The molecular weight excluding hydrogens is 358 g/mol. The summed E-state index contributed by atoms with van der Waals surface area (Å²) < 4.78 is 5.34. The summed E-state index contributed by atoms with van der Waals surface area (Å²) in [5, 5.41) is 15.5. The Kier molecular flexibility index (Phi) is 4.51. The van der Waals surface area contributed by atoms with E-state index in [4.69, 9.17) is 9.73 Å². The van der Waals surface area contributed by atoms with Crippen molar-refractivity contribution in [3.05, 3.63) is 93.8 Å². The van der Waals surface area contributed by atoms with Crippen LogP contribution in [0.15, 0.2) is 77.1 Å². The molecule has 2 heterocycles. The van der Waals surface area contributed by atoms with Gasteiger partial charge in [0.2, 0.25) is 0 Å². The van der Waals surface area contributed by atoms with Gasteiger partial charge in [-0.05, 0) is 42.5 Å². The number of aliphatic imine (C=N–C) groups is 1. The number of hydrazone groups is 1. The molecule has 138 valence electrons. The van der Waals surface area contributed by atoms with Crippen LogP contribution in [0.1, 0.15) is 16.7 Å². The number of methoxy groups -OCH3 is 1. The van der Waals surface area contributed by atoms with Crippen molar-refractivity contribution in [1.29, 1.82) is 0 Å². The van der Waals surface area contributed by atoms with E-state index in [1.165, 1.54) is 12.1 Å². The lowest BCUT2D eigenvalue weighted by atomic mass is 10.00. The van der Waals surface area contributed by atoms with Gasteiger partial charge in [-0.1, -0.05) is 0 Å². The number of nitrogens with zero attached hydrogens (tertiary/aromatic N) is 4. The van der Waals surface area contributed by atoms with Gasteiger partial charge in [-0.3, -0.25) is 20.5 Å². The monoisotopic (exact) mass is 373 g/mol. The third kappa shape index (κ3) is 3.30. The van der Waals surface area contributed by atoms with Crippen LogP contribution in [0.5, 0.6) is 5.75 Å². The van der Waals surface area contributed by atoms with Gasteiger partial charge in [-0.15, -0.1) is 0 Å². The van der Waals surface area contributed by atoms with Gasteiger partial charge < -0.3 is 4.74 Å².